The number of halogens is 1. The molecule has 0 bridgehead atoms. The van der Waals surface area contributed by atoms with E-state index in [2.05, 4.69) is 109 Å². The highest BCUT2D eigenvalue weighted by atomic mass is 79.9. The van der Waals surface area contributed by atoms with E-state index in [1.807, 2.05) is 0 Å². The van der Waals surface area contributed by atoms with Crippen LogP contribution in [-0.4, -0.2) is 0 Å². The summed E-state index contributed by atoms with van der Waals surface area (Å²) in [5.41, 5.74) is 13.9. The van der Waals surface area contributed by atoms with Gasteiger partial charge in [-0.25, -0.2) is 0 Å². The van der Waals surface area contributed by atoms with Crippen LogP contribution < -0.4 is 0 Å². The average Bonchev–Trinajstić information content (AvgIpc) is 2.99. The number of aryl methyl sites for hydroxylation is 2. The molecule has 0 spiro atoms. The van der Waals surface area contributed by atoms with Crippen molar-refractivity contribution in [1.82, 2.24) is 0 Å². The molecule has 6 rings (SSSR count). The lowest BCUT2D eigenvalue weighted by Crippen LogP contribution is -2.15. The van der Waals surface area contributed by atoms with Crippen LogP contribution in [0.25, 0.3) is 33.4 Å². The Morgan fingerprint density at radius 3 is 2.07 bits per heavy atom. The van der Waals surface area contributed by atoms with E-state index < -0.39 is 0 Å². The SMILES string of the molecule is CC1(C)c2cc(Br)ccc2-c2ccc(-c3ccc4c(c3)-c3ccccc3CC4)cc21. The molecule has 2 aliphatic rings. The van der Waals surface area contributed by atoms with Gasteiger partial charge in [0.15, 0.2) is 0 Å². The van der Waals surface area contributed by atoms with E-state index in [4.69, 9.17) is 0 Å². The zero-order chi connectivity index (χ0) is 20.5. The third kappa shape index (κ3) is 2.58. The maximum absolute atomic E-state index is 3.66. The number of hydrogen-bond acceptors (Lipinski definition) is 0. The van der Waals surface area contributed by atoms with Crippen LogP contribution in [0.4, 0.5) is 0 Å². The first kappa shape index (κ1) is 18.2. The molecule has 2 aliphatic carbocycles. The number of fused-ring (bicyclic) bond motifs is 6. The minimum absolute atomic E-state index is 0.00522. The lowest BCUT2D eigenvalue weighted by atomic mass is 9.81. The smallest absolute Gasteiger partial charge is 0.0178 e. The Labute approximate surface area is 186 Å². The summed E-state index contributed by atoms with van der Waals surface area (Å²) < 4.78 is 1.15. The van der Waals surface area contributed by atoms with Crippen LogP contribution in [0, 0.1) is 0 Å². The zero-order valence-electron chi connectivity index (χ0n) is 17.3. The first-order valence-electron chi connectivity index (χ1n) is 10.7. The van der Waals surface area contributed by atoms with Gasteiger partial charge in [-0.3, -0.25) is 0 Å². The lowest BCUT2D eigenvalue weighted by molar-refractivity contribution is 0.660. The number of hydrogen-bond donors (Lipinski definition) is 0. The van der Waals surface area contributed by atoms with Crippen LogP contribution >= 0.6 is 15.9 Å². The largest absolute Gasteiger partial charge is 0.0620 e. The fourth-order valence-electron chi connectivity index (χ4n) is 5.38. The molecule has 4 aromatic carbocycles. The molecule has 0 fully saturated rings. The van der Waals surface area contributed by atoms with Gasteiger partial charge >= 0.3 is 0 Å². The van der Waals surface area contributed by atoms with E-state index in [9.17, 15) is 0 Å². The Balaban J connectivity index is 1.49. The summed E-state index contributed by atoms with van der Waals surface area (Å²) >= 11 is 3.66. The van der Waals surface area contributed by atoms with Gasteiger partial charge in [-0.05, 0) is 92.7 Å². The second kappa shape index (κ2) is 6.43. The zero-order valence-corrected chi connectivity index (χ0v) is 18.9. The van der Waals surface area contributed by atoms with Crippen molar-refractivity contribution in [3.05, 3.63) is 106 Å². The van der Waals surface area contributed by atoms with E-state index in [0.29, 0.717) is 0 Å². The fourth-order valence-corrected chi connectivity index (χ4v) is 5.75. The van der Waals surface area contributed by atoms with Gasteiger partial charge < -0.3 is 0 Å². The molecule has 0 atom stereocenters. The van der Waals surface area contributed by atoms with Gasteiger partial charge in [0.05, 0.1) is 0 Å². The van der Waals surface area contributed by atoms with E-state index in [0.717, 1.165) is 17.3 Å². The van der Waals surface area contributed by atoms with Crippen molar-refractivity contribution >= 4 is 15.9 Å². The molecule has 146 valence electrons. The van der Waals surface area contributed by atoms with Crippen molar-refractivity contribution in [1.29, 1.82) is 0 Å². The normalized spacial score (nSPS) is 15.2. The quantitative estimate of drug-likeness (QED) is 0.274. The Kier molecular flexibility index (Phi) is 3.89. The summed E-state index contributed by atoms with van der Waals surface area (Å²) in [5, 5.41) is 0. The van der Waals surface area contributed by atoms with Gasteiger partial charge in [-0.1, -0.05) is 84.4 Å². The second-order valence-corrected chi connectivity index (χ2v) is 10.0. The van der Waals surface area contributed by atoms with Crippen LogP contribution in [0.15, 0.2) is 83.3 Å². The van der Waals surface area contributed by atoms with E-state index in [1.165, 1.54) is 55.6 Å². The standard InChI is InChI=1S/C29H23Br/c1-29(2)27-16-21(11-13-24(27)25-14-12-22(30)17-28(25)29)20-10-9-19-8-7-18-5-3-4-6-23(18)26(19)15-20/h3-6,9-17H,7-8H2,1-2H3. The predicted molar refractivity (Wildman–Crippen MR) is 130 cm³/mol. The number of rotatable bonds is 1. The van der Waals surface area contributed by atoms with Gasteiger partial charge in [0, 0.05) is 9.89 Å². The van der Waals surface area contributed by atoms with Crippen LogP contribution in [-0.2, 0) is 18.3 Å². The van der Waals surface area contributed by atoms with Crippen molar-refractivity contribution in [2.24, 2.45) is 0 Å². The van der Waals surface area contributed by atoms with Gasteiger partial charge in [0.1, 0.15) is 0 Å². The Morgan fingerprint density at radius 2 is 1.23 bits per heavy atom. The first-order valence-corrected chi connectivity index (χ1v) is 11.5. The van der Waals surface area contributed by atoms with E-state index in [-0.39, 0.29) is 5.41 Å². The fraction of sp³-hybridized carbons (Fsp3) is 0.172. The lowest BCUT2D eigenvalue weighted by Gasteiger charge is -2.23. The average molecular weight is 451 g/mol. The molecule has 0 N–H and O–H groups in total. The first-order chi connectivity index (χ1) is 14.5. The van der Waals surface area contributed by atoms with E-state index in [1.54, 1.807) is 0 Å². The van der Waals surface area contributed by atoms with Gasteiger partial charge in [-0.2, -0.15) is 0 Å². The summed E-state index contributed by atoms with van der Waals surface area (Å²) in [7, 11) is 0. The molecule has 0 amide bonds. The van der Waals surface area contributed by atoms with Crippen LogP contribution in [0.1, 0.15) is 36.1 Å². The summed E-state index contributed by atoms with van der Waals surface area (Å²) in [5.74, 6) is 0. The van der Waals surface area contributed by atoms with E-state index >= 15 is 0 Å². The molecule has 0 saturated heterocycles. The summed E-state index contributed by atoms with van der Waals surface area (Å²) in [4.78, 5) is 0. The highest BCUT2D eigenvalue weighted by Gasteiger charge is 2.35. The monoisotopic (exact) mass is 450 g/mol. The van der Waals surface area contributed by atoms with Gasteiger partial charge in [0.25, 0.3) is 0 Å². The summed E-state index contributed by atoms with van der Waals surface area (Å²) in [6, 6.07) is 29.6. The highest BCUT2D eigenvalue weighted by Crippen LogP contribution is 2.50. The molecule has 0 saturated carbocycles. The Bertz CT molecular complexity index is 1330. The molecular weight excluding hydrogens is 428 g/mol. The highest BCUT2D eigenvalue weighted by molar-refractivity contribution is 9.10. The Morgan fingerprint density at radius 1 is 0.600 bits per heavy atom. The minimum Gasteiger partial charge on any atom is -0.0620 e. The summed E-state index contributed by atoms with van der Waals surface area (Å²) in [6.07, 6.45) is 2.28. The van der Waals surface area contributed by atoms with Crippen molar-refractivity contribution in [2.45, 2.75) is 32.1 Å². The molecule has 4 aromatic rings. The molecule has 0 aliphatic heterocycles. The molecule has 0 aromatic heterocycles. The molecule has 0 radical (unpaired) electrons. The third-order valence-corrected chi connectivity index (χ3v) is 7.55. The maximum atomic E-state index is 3.66. The molecule has 0 heterocycles. The number of benzene rings is 4. The maximum Gasteiger partial charge on any atom is 0.0178 e. The molecular formula is C29H23Br. The van der Waals surface area contributed by atoms with Crippen LogP contribution in [0.5, 0.6) is 0 Å². The van der Waals surface area contributed by atoms with Crippen molar-refractivity contribution < 1.29 is 0 Å². The molecule has 0 unspecified atom stereocenters. The second-order valence-electron chi connectivity index (χ2n) is 9.10. The van der Waals surface area contributed by atoms with Crippen LogP contribution in [0.2, 0.25) is 0 Å². The van der Waals surface area contributed by atoms with Crippen LogP contribution in [0.3, 0.4) is 0 Å². The predicted octanol–water partition coefficient (Wildman–Crippen LogP) is 8.19. The minimum atomic E-state index is 0.00522. The van der Waals surface area contributed by atoms with Gasteiger partial charge in [0.2, 0.25) is 0 Å². The van der Waals surface area contributed by atoms with Gasteiger partial charge in [-0.15, -0.1) is 0 Å². The van der Waals surface area contributed by atoms with Crippen molar-refractivity contribution in [2.75, 3.05) is 0 Å². The molecule has 1 heteroatoms. The topological polar surface area (TPSA) is 0 Å². The molecule has 30 heavy (non-hydrogen) atoms. The summed E-state index contributed by atoms with van der Waals surface area (Å²) in [6.45, 7) is 4.69. The Hall–Kier alpha value is -2.64. The third-order valence-electron chi connectivity index (χ3n) is 7.05. The molecule has 0 nitrogen and oxygen atoms in total. The van der Waals surface area contributed by atoms with Crippen molar-refractivity contribution in [3.8, 4) is 33.4 Å². The van der Waals surface area contributed by atoms with Crippen molar-refractivity contribution in [3.63, 3.8) is 0 Å².